The zero-order chi connectivity index (χ0) is 30.1. The third-order valence-corrected chi connectivity index (χ3v) is 4.88. The topological polar surface area (TPSA) is 76.2 Å². The summed E-state index contributed by atoms with van der Waals surface area (Å²) in [5, 5.41) is 2.18. The quantitative estimate of drug-likeness (QED) is 0.338. The number of methoxy groups -OCH3 is 2. The molecule has 0 spiro atoms. The predicted octanol–water partition coefficient (Wildman–Crippen LogP) is 5.49. The normalized spacial score (nSPS) is 15.1. The first-order valence-corrected chi connectivity index (χ1v) is 10.1. The van der Waals surface area contributed by atoms with E-state index in [0.29, 0.717) is 33.7 Å². The van der Waals surface area contributed by atoms with Crippen LogP contribution in [0.5, 0.6) is 11.5 Å². The lowest BCUT2D eigenvalue weighted by molar-refractivity contribution is -0.113. The molecule has 7 heteroatoms. The van der Waals surface area contributed by atoms with E-state index in [0.717, 1.165) is 0 Å². The maximum Gasteiger partial charge on any atom is 0.234 e. The summed E-state index contributed by atoms with van der Waals surface area (Å²) in [6.45, 7) is 0. The molecule has 162 valence electrons. The van der Waals surface area contributed by atoms with Crippen LogP contribution >= 0.6 is 11.8 Å². The van der Waals surface area contributed by atoms with Crippen LogP contribution in [0.15, 0.2) is 83.9 Å². The first kappa shape index (κ1) is 13.0. The molecule has 0 radical (unpaired) electrons. The van der Waals surface area contributed by atoms with E-state index in [1.54, 1.807) is 54.6 Å². The third-order valence-electron chi connectivity index (χ3n) is 4.23. The van der Waals surface area contributed by atoms with Crippen LogP contribution in [0.2, 0.25) is 1.41 Å². The number of carbonyl (C=O) groups excluding carboxylic acids is 1. The summed E-state index contributed by atoms with van der Waals surface area (Å²) in [4.78, 5) is 17.9. The number of amides is 1. The molecule has 0 aliphatic heterocycles. The molecule has 0 aliphatic rings. The summed E-state index contributed by atoms with van der Waals surface area (Å²) >= 11 is 0.334. The van der Waals surface area contributed by atoms with Gasteiger partial charge in [0.2, 0.25) is 5.91 Å². The van der Waals surface area contributed by atoms with Crippen molar-refractivity contribution in [2.75, 3.05) is 25.2 Å². The van der Waals surface area contributed by atoms with Gasteiger partial charge in [-0.15, -0.1) is 0 Å². The van der Waals surface area contributed by atoms with Crippen molar-refractivity contribution in [1.82, 2.24) is 9.96 Å². The Balaban J connectivity index is 1.87. The van der Waals surface area contributed by atoms with Crippen LogP contribution in [0.1, 0.15) is 11.0 Å². The van der Waals surface area contributed by atoms with E-state index in [1.165, 1.54) is 7.11 Å². The van der Waals surface area contributed by atoms with Crippen molar-refractivity contribution in [2.24, 2.45) is 0 Å². The largest absolute Gasteiger partial charge is 0.497 e. The average molecular weight is 464 g/mol. The second kappa shape index (κ2) is 10.1. The minimum atomic E-state index is -2.61. The smallest absolute Gasteiger partial charge is 0.234 e. The second-order valence-electron chi connectivity index (χ2n) is 6.28. The summed E-state index contributed by atoms with van der Waals surface area (Å²) in [6.07, 6.45) is 0. The molecule has 6 nitrogen and oxygen atoms in total. The maximum atomic E-state index is 12.8. The first-order valence-electron chi connectivity index (χ1n) is 13.9. The lowest BCUT2D eigenvalue weighted by Crippen LogP contribution is -2.13. The van der Waals surface area contributed by atoms with Crippen molar-refractivity contribution >= 4 is 23.4 Å². The fourth-order valence-corrected chi connectivity index (χ4v) is 3.25. The Morgan fingerprint density at radius 3 is 2.53 bits per heavy atom. The molecule has 0 saturated heterocycles. The molecule has 0 saturated carbocycles. The second-order valence-corrected chi connectivity index (χ2v) is 7.05. The number of nitrogens with one attached hydrogen (secondary N) is 2. The Labute approximate surface area is 203 Å². The van der Waals surface area contributed by atoms with Crippen LogP contribution < -0.4 is 14.8 Å². The number of carbonyl (C=O) groups is 1. The molecular formula is C25H23N3O3S. The number of H-pyrrole nitrogens is 1. The number of ether oxygens (including phenoxy) is 2. The number of anilines is 1. The van der Waals surface area contributed by atoms with Crippen molar-refractivity contribution in [2.45, 2.75) is 5.16 Å². The summed E-state index contributed by atoms with van der Waals surface area (Å²) in [5.41, 5.74) is -2.38. The van der Waals surface area contributed by atoms with Gasteiger partial charge in [-0.2, -0.15) is 0 Å². The van der Waals surface area contributed by atoms with Gasteiger partial charge in [0.1, 0.15) is 11.5 Å². The number of imidazole rings is 1. The van der Waals surface area contributed by atoms with Gasteiger partial charge in [0.05, 0.1) is 39.5 Å². The number of aromatic amines is 1. The standard InChI is InChI=1S/C25H23N3O3S/c1-30-20-12-8-17(9-13-20)23-24(18-10-14-21(31-2)15-11-18)28-25(27-23)32-16-22(29)26-19-6-4-3-5-7-19/h3-15H,16H2,1-2H3,(H,26,29)(H,27,28)/i1T2,8T,9T,12T,13T,16T2/hT. The Bertz CT molecular complexity index is 1550. The van der Waals surface area contributed by atoms with E-state index in [9.17, 15) is 4.79 Å². The van der Waals surface area contributed by atoms with Gasteiger partial charge in [0, 0.05) is 19.6 Å². The van der Waals surface area contributed by atoms with Crippen molar-refractivity contribution in [1.29, 1.82) is 0 Å². The zero-order valence-electron chi connectivity index (χ0n) is 25.8. The van der Waals surface area contributed by atoms with Crippen LogP contribution in [-0.4, -0.2) is 35.7 Å². The molecule has 4 rings (SSSR count). The minimum Gasteiger partial charge on any atom is -0.497 e. The molecule has 4 aromatic rings. The lowest BCUT2D eigenvalue weighted by Gasteiger charge is -2.06. The molecule has 32 heavy (non-hydrogen) atoms. The monoisotopic (exact) mass is 463 g/mol. The van der Waals surface area contributed by atoms with Gasteiger partial charge in [-0.1, -0.05) is 30.0 Å². The molecule has 0 unspecified atom stereocenters. The molecule has 1 amide bonds. The van der Waals surface area contributed by atoms with Crippen molar-refractivity contribution in [3.05, 3.63) is 78.8 Å². The van der Waals surface area contributed by atoms with E-state index >= 15 is 0 Å². The number of hydrogen-bond acceptors (Lipinski definition) is 5. The summed E-state index contributed by atoms with van der Waals surface area (Å²) < 4.78 is 84.0. The number of thioether (sulfide) groups is 1. The predicted molar refractivity (Wildman–Crippen MR) is 128 cm³/mol. The van der Waals surface area contributed by atoms with Crippen molar-refractivity contribution < 1.29 is 26.6 Å². The molecular weight excluding hydrogens is 422 g/mol. The van der Waals surface area contributed by atoms with Gasteiger partial charge in [0.15, 0.2) is 6.57 Å². The van der Waals surface area contributed by atoms with Gasteiger partial charge in [-0.3, -0.25) is 4.79 Å². The SMILES string of the molecule is [3H]c1c([3H])c(-c2c(-c3ccc(OC)cc3)nc(SC([3H])([3H])C(=O)Nc3ccccc3)n2[3H])c([3H])c([3H])c1OC([3H])[3H]. The molecule has 0 aliphatic carbocycles. The van der Waals surface area contributed by atoms with Crippen LogP contribution in [-0.2, 0) is 4.79 Å². The molecule has 0 fully saturated rings. The fraction of sp³-hybridized carbons (Fsp3) is 0.120. The van der Waals surface area contributed by atoms with Crippen LogP contribution in [0.25, 0.3) is 22.5 Å². The number of rotatable bonds is 8. The van der Waals surface area contributed by atoms with E-state index in [4.69, 9.17) is 21.9 Å². The number of para-hydroxylation sites is 1. The van der Waals surface area contributed by atoms with Gasteiger partial charge in [-0.05, 0) is 60.6 Å². The molecule has 0 atom stereocenters. The van der Waals surface area contributed by atoms with E-state index in [1.807, 2.05) is 0 Å². The van der Waals surface area contributed by atoms with Gasteiger partial charge in [0.25, 0.3) is 0 Å². The Hall–Kier alpha value is -3.71. The maximum absolute atomic E-state index is 12.8. The average Bonchev–Trinajstić information content (AvgIpc) is 3.25. The molecule has 1 aromatic heterocycles. The molecule has 2 N–H and O–H groups in total. The Kier molecular flexibility index (Phi) is 4.08. The van der Waals surface area contributed by atoms with E-state index in [-0.39, 0.29) is 22.1 Å². The summed E-state index contributed by atoms with van der Waals surface area (Å²) in [5.74, 6) is -1.09. The molecule has 3 aromatic carbocycles. The highest BCUT2D eigenvalue weighted by atomic mass is 32.2. The first-order chi connectivity index (χ1) is 19.4. The minimum absolute atomic E-state index is 0.0257. The van der Waals surface area contributed by atoms with Gasteiger partial charge >= 0.3 is 0 Å². The molecule has 0 bridgehead atoms. The third kappa shape index (κ3) is 5.12. The Morgan fingerprint density at radius 1 is 1.09 bits per heavy atom. The van der Waals surface area contributed by atoms with Crippen LogP contribution in [0.4, 0.5) is 5.69 Å². The summed E-state index contributed by atoms with van der Waals surface area (Å²) in [7, 11) is -0.431. The highest BCUT2D eigenvalue weighted by molar-refractivity contribution is 7.99. The number of aromatic nitrogens is 2. The van der Waals surface area contributed by atoms with E-state index in [2.05, 4.69) is 10.3 Å². The van der Waals surface area contributed by atoms with Crippen molar-refractivity contribution in [3.8, 4) is 34.0 Å². The summed E-state index contributed by atoms with van der Waals surface area (Å²) in [6, 6.07) is 12.1. The van der Waals surface area contributed by atoms with Crippen LogP contribution in [0.3, 0.4) is 0 Å². The number of hydrogen-bond donors (Lipinski definition) is 2. The van der Waals surface area contributed by atoms with E-state index < -0.39 is 48.6 Å². The number of benzene rings is 3. The highest BCUT2D eigenvalue weighted by Crippen LogP contribution is 2.34. The highest BCUT2D eigenvalue weighted by Gasteiger charge is 2.16. The number of nitrogens with zero attached hydrogens (tertiary/aromatic N) is 1. The molecule has 1 heterocycles. The van der Waals surface area contributed by atoms with Crippen molar-refractivity contribution in [3.63, 3.8) is 0 Å². The lowest BCUT2D eigenvalue weighted by atomic mass is 10.0. The zero-order valence-corrected chi connectivity index (χ0v) is 17.6. The van der Waals surface area contributed by atoms with Gasteiger partial charge < -0.3 is 19.8 Å². The van der Waals surface area contributed by atoms with Gasteiger partial charge in [-0.25, -0.2) is 4.98 Å². The fourth-order valence-electron chi connectivity index (χ4n) is 2.74. The van der Waals surface area contributed by atoms with Crippen LogP contribution in [0, 0.1) is 0 Å². The Morgan fingerprint density at radius 2 is 1.84 bits per heavy atom.